The third-order valence-electron chi connectivity index (χ3n) is 2.57. The molecule has 0 radical (unpaired) electrons. The van der Waals surface area contributed by atoms with E-state index in [4.69, 9.17) is 33.2 Å². The van der Waals surface area contributed by atoms with Gasteiger partial charge in [0.05, 0.1) is 16.3 Å². The summed E-state index contributed by atoms with van der Waals surface area (Å²) in [6.07, 6.45) is 0. The van der Waals surface area contributed by atoms with E-state index in [9.17, 15) is 4.79 Å². The quantitative estimate of drug-likeness (QED) is 0.929. The average Bonchev–Trinajstić information content (AvgIpc) is 2.48. The molecule has 1 N–H and O–H groups in total. The first-order valence-corrected chi connectivity index (χ1v) is 6.72. The lowest BCUT2D eigenvalue weighted by molar-refractivity contribution is -0.118. The minimum absolute atomic E-state index is 0.225. The largest absolute Gasteiger partial charge is 0.482 e. The van der Waals surface area contributed by atoms with Gasteiger partial charge in [-0.15, -0.1) is 0 Å². The lowest BCUT2D eigenvalue weighted by Crippen LogP contribution is -2.20. The van der Waals surface area contributed by atoms with Gasteiger partial charge in [-0.05, 0) is 30.3 Å². The zero-order valence-corrected chi connectivity index (χ0v) is 12.3. The topological polar surface area (TPSA) is 62.1 Å². The molecule has 106 valence electrons. The molecular formula is C15H10Cl2N2O2. The Hall–Kier alpha value is -2.22. The van der Waals surface area contributed by atoms with E-state index < -0.39 is 0 Å². The maximum absolute atomic E-state index is 11.8. The van der Waals surface area contributed by atoms with Crippen molar-refractivity contribution in [1.29, 1.82) is 5.26 Å². The molecule has 0 unspecified atom stereocenters. The minimum atomic E-state index is -0.382. The Labute approximate surface area is 131 Å². The third kappa shape index (κ3) is 4.12. The van der Waals surface area contributed by atoms with Crippen molar-refractivity contribution in [3.05, 3.63) is 58.1 Å². The molecule has 4 nitrogen and oxygen atoms in total. The Balaban J connectivity index is 1.98. The van der Waals surface area contributed by atoms with Crippen LogP contribution in [0.25, 0.3) is 0 Å². The highest BCUT2D eigenvalue weighted by Gasteiger charge is 2.09. The van der Waals surface area contributed by atoms with E-state index >= 15 is 0 Å². The molecule has 0 fully saturated rings. The van der Waals surface area contributed by atoms with Gasteiger partial charge < -0.3 is 10.1 Å². The Bertz CT molecular complexity index is 711. The molecule has 0 saturated heterocycles. The van der Waals surface area contributed by atoms with Gasteiger partial charge in [-0.2, -0.15) is 5.26 Å². The number of carbonyl (C=O) groups excluding carboxylic acids is 1. The van der Waals surface area contributed by atoms with Crippen molar-refractivity contribution in [2.24, 2.45) is 0 Å². The van der Waals surface area contributed by atoms with Crippen molar-refractivity contribution < 1.29 is 9.53 Å². The molecule has 0 spiro atoms. The molecule has 0 heterocycles. The summed E-state index contributed by atoms with van der Waals surface area (Å²) in [6.45, 7) is -0.225. The van der Waals surface area contributed by atoms with Crippen LogP contribution in [-0.4, -0.2) is 12.5 Å². The van der Waals surface area contributed by atoms with Crippen molar-refractivity contribution in [3.8, 4) is 11.8 Å². The molecular weight excluding hydrogens is 311 g/mol. The summed E-state index contributed by atoms with van der Waals surface area (Å²) in [5.41, 5.74) is 0.818. The Kier molecular flexibility index (Phi) is 5.04. The molecule has 0 atom stereocenters. The molecule has 1 amide bonds. The first kappa shape index (κ1) is 15.2. The minimum Gasteiger partial charge on any atom is -0.482 e. The highest BCUT2D eigenvalue weighted by atomic mass is 35.5. The summed E-state index contributed by atoms with van der Waals surface area (Å²) >= 11 is 11.7. The number of benzene rings is 2. The Morgan fingerprint density at radius 2 is 2.00 bits per heavy atom. The van der Waals surface area contributed by atoms with Crippen molar-refractivity contribution in [1.82, 2.24) is 0 Å². The molecule has 0 aliphatic rings. The van der Waals surface area contributed by atoms with Crippen LogP contribution in [0.4, 0.5) is 5.69 Å². The van der Waals surface area contributed by atoms with E-state index in [2.05, 4.69) is 5.32 Å². The van der Waals surface area contributed by atoms with Gasteiger partial charge >= 0.3 is 0 Å². The fourth-order valence-corrected chi connectivity index (χ4v) is 2.06. The number of nitrogens with zero attached hydrogens (tertiary/aromatic N) is 1. The lowest BCUT2D eigenvalue weighted by atomic mass is 10.2. The third-order valence-corrected chi connectivity index (χ3v) is 3.12. The zero-order valence-electron chi connectivity index (χ0n) is 10.8. The van der Waals surface area contributed by atoms with Gasteiger partial charge in [0.25, 0.3) is 5.91 Å². The number of anilines is 1. The Morgan fingerprint density at radius 3 is 2.71 bits per heavy atom. The van der Waals surface area contributed by atoms with Crippen LogP contribution in [0.3, 0.4) is 0 Å². The van der Waals surface area contributed by atoms with Gasteiger partial charge in [-0.1, -0.05) is 35.3 Å². The molecule has 0 aromatic heterocycles. The first-order valence-electron chi connectivity index (χ1n) is 5.97. The summed E-state index contributed by atoms with van der Waals surface area (Å²) in [4.78, 5) is 11.8. The number of amides is 1. The molecule has 6 heteroatoms. The molecule has 2 aromatic carbocycles. The zero-order chi connectivity index (χ0) is 15.2. The molecule has 21 heavy (non-hydrogen) atoms. The predicted octanol–water partition coefficient (Wildman–Crippen LogP) is 3.88. The summed E-state index contributed by atoms with van der Waals surface area (Å²) < 4.78 is 5.32. The number of rotatable bonds is 4. The molecule has 2 rings (SSSR count). The number of nitriles is 1. The molecule has 0 saturated carbocycles. The summed E-state index contributed by atoms with van der Waals surface area (Å²) in [6, 6.07) is 13.4. The Morgan fingerprint density at radius 1 is 1.24 bits per heavy atom. The van der Waals surface area contributed by atoms with Crippen LogP contribution >= 0.6 is 23.2 Å². The van der Waals surface area contributed by atoms with Crippen LogP contribution in [-0.2, 0) is 4.79 Å². The van der Waals surface area contributed by atoms with E-state index in [-0.39, 0.29) is 12.5 Å². The first-order chi connectivity index (χ1) is 10.1. The van der Waals surface area contributed by atoms with Gasteiger partial charge in [0, 0.05) is 5.02 Å². The normalized spacial score (nSPS) is 9.76. The molecule has 2 aromatic rings. The van der Waals surface area contributed by atoms with Gasteiger partial charge in [0.1, 0.15) is 11.8 Å². The van der Waals surface area contributed by atoms with E-state index in [1.807, 2.05) is 6.07 Å². The summed E-state index contributed by atoms with van der Waals surface area (Å²) in [7, 11) is 0. The highest BCUT2D eigenvalue weighted by Crippen LogP contribution is 2.25. The predicted molar refractivity (Wildman–Crippen MR) is 81.7 cm³/mol. The van der Waals surface area contributed by atoms with Crippen molar-refractivity contribution in [2.75, 3.05) is 11.9 Å². The smallest absolute Gasteiger partial charge is 0.262 e. The molecule has 0 aliphatic carbocycles. The van der Waals surface area contributed by atoms with E-state index in [1.54, 1.807) is 36.4 Å². The van der Waals surface area contributed by atoms with Gasteiger partial charge in [0.15, 0.2) is 6.61 Å². The number of para-hydroxylation sites is 1. The average molecular weight is 321 g/mol. The number of nitrogens with one attached hydrogen (secondary N) is 1. The van der Waals surface area contributed by atoms with Crippen LogP contribution in [0.2, 0.25) is 10.0 Å². The second-order valence-electron chi connectivity index (χ2n) is 4.07. The van der Waals surface area contributed by atoms with Gasteiger partial charge in [0.2, 0.25) is 0 Å². The van der Waals surface area contributed by atoms with Crippen LogP contribution in [0, 0.1) is 11.3 Å². The monoisotopic (exact) mass is 320 g/mol. The van der Waals surface area contributed by atoms with Gasteiger partial charge in [-0.3, -0.25) is 4.79 Å². The standard InChI is InChI=1S/C15H10Cl2N2O2/c16-11-5-6-13(12(17)7-11)19-15(20)9-21-14-4-2-1-3-10(14)8-18/h1-7H,9H2,(H,19,20). The highest BCUT2D eigenvalue weighted by molar-refractivity contribution is 6.36. The van der Waals surface area contributed by atoms with Crippen molar-refractivity contribution in [3.63, 3.8) is 0 Å². The SMILES string of the molecule is N#Cc1ccccc1OCC(=O)Nc1ccc(Cl)cc1Cl. The van der Waals surface area contributed by atoms with E-state index in [0.29, 0.717) is 27.0 Å². The van der Waals surface area contributed by atoms with Crippen molar-refractivity contribution in [2.45, 2.75) is 0 Å². The number of carbonyl (C=O) groups is 1. The summed E-state index contributed by atoms with van der Waals surface area (Å²) in [5.74, 6) is -0.0238. The fraction of sp³-hybridized carbons (Fsp3) is 0.0667. The van der Waals surface area contributed by atoms with Crippen LogP contribution in [0.15, 0.2) is 42.5 Å². The second kappa shape index (κ2) is 6.98. The molecule has 0 aliphatic heterocycles. The fourth-order valence-electron chi connectivity index (χ4n) is 1.61. The van der Waals surface area contributed by atoms with Crippen molar-refractivity contribution >= 4 is 34.8 Å². The second-order valence-corrected chi connectivity index (χ2v) is 4.91. The van der Waals surface area contributed by atoms with Crippen LogP contribution in [0.1, 0.15) is 5.56 Å². The molecule has 0 bridgehead atoms. The van der Waals surface area contributed by atoms with Crippen LogP contribution < -0.4 is 10.1 Å². The van der Waals surface area contributed by atoms with E-state index in [1.165, 1.54) is 6.07 Å². The maximum Gasteiger partial charge on any atom is 0.262 e. The number of hydrogen-bond acceptors (Lipinski definition) is 3. The lowest BCUT2D eigenvalue weighted by Gasteiger charge is -2.09. The summed E-state index contributed by atoms with van der Waals surface area (Å²) in [5, 5.41) is 12.4. The van der Waals surface area contributed by atoms with Crippen LogP contribution in [0.5, 0.6) is 5.75 Å². The number of hydrogen-bond donors (Lipinski definition) is 1. The maximum atomic E-state index is 11.8. The van der Waals surface area contributed by atoms with Gasteiger partial charge in [-0.25, -0.2) is 0 Å². The number of ether oxygens (including phenoxy) is 1. The number of halogens is 2. The van der Waals surface area contributed by atoms with E-state index in [0.717, 1.165) is 0 Å².